The fourth-order valence-corrected chi connectivity index (χ4v) is 4.33. The molecule has 1 aromatic rings. The van der Waals surface area contributed by atoms with Crippen LogP contribution in [0.5, 0.6) is 0 Å². The summed E-state index contributed by atoms with van der Waals surface area (Å²) in [5, 5.41) is 2.86. The molecule has 2 rings (SSSR count). The van der Waals surface area contributed by atoms with Crippen LogP contribution in [-0.4, -0.2) is 56.4 Å². The van der Waals surface area contributed by atoms with Crippen molar-refractivity contribution in [2.45, 2.75) is 18.7 Å². The number of hydrogen-bond donors (Lipinski definition) is 1. The maximum Gasteiger partial charge on any atom is 0.317 e. The van der Waals surface area contributed by atoms with Gasteiger partial charge in [0.25, 0.3) is 0 Å². The van der Waals surface area contributed by atoms with Gasteiger partial charge in [0.1, 0.15) is 0 Å². The lowest BCUT2D eigenvalue weighted by Crippen LogP contribution is -2.53. The Morgan fingerprint density at radius 2 is 1.91 bits per heavy atom. The molecule has 1 aromatic carbocycles. The quantitative estimate of drug-likeness (QED) is 0.836. The van der Waals surface area contributed by atoms with Gasteiger partial charge in [-0.25, -0.2) is 13.2 Å². The normalized spacial score (nSPS) is 16.6. The van der Waals surface area contributed by atoms with E-state index in [1.165, 1.54) is 4.31 Å². The molecule has 2 amide bonds. The maximum absolute atomic E-state index is 12.6. The van der Waals surface area contributed by atoms with E-state index in [9.17, 15) is 13.2 Å². The number of sulfonamides is 1. The molecule has 0 radical (unpaired) electrons. The van der Waals surface area contributed by atoms with Gasteiger partial charge in [-0.15, -0.1) is 0 Å². The first-order valence-electron chi connectivity index (χ1n) is 7.59. The smallest absolute Gasteiger partial charge is 0.317 e. The topological polar surface area (TPSA) is 69.7 Å². The maximum atomic E-state index is 12.6. The number of urea groups is 1. The van der Waals surface area contributed by atoms with Gasteiger partial charge in [-0.05, 0) is 24.1 Å². The second-order valence-corrected chi connectivity index (χ2v) is 8.78. The third-order valence-corrected chi connectivity index (χ3v) is 6.01. The largest absolute Gasteiger partial charge is 0.338 e. The second-order valence-electron chi connectivity index (χ2n) is 5.93. The van der Waals surface area contributed by atoms with E-state index in [0.717, 1.165) is 4.47 Å². The van der Waals surface area contributed by atoms with E-state index < -0.39 is 10.0 Å². The number of rotatable bonds is 4. The summed E-state index contributed by atoms with van der Waals surface area (Å²) in [5.74, 6) is 0.386. The van der Waals surface area contributed by atoms with E-state index in [1.54, 1.807) is 29.2 Å². The summed E-state index contributed by atoms with van der Waals surface area (Å²) in [6.45, 7) is 6.10. The molecular formula is C15H22BrN3O3S. The van der Waals surface area contributed by atoms with Crippen LogP contribution < -0.4 is 5.32 Å². The van der Waals surface area contributed by atoms with E-state index >= 15 is 0 Å². The fourth-order valence-electron chi connectivity index (χ4n) is 2.31. The number of carbonyl (C=O) groups excluding carboxylic acids is 1. The SMILES string of the molecule is CC(C)CNC(=O)N1CCN(S(=O)(=O)c2cccc(Br)c2)CC1. The number of carbonyl (C=O) groups is 1. The molecular weight excluding hydrogens is 382 g/mol. The van der Waals surface area contributed by atoms with Crippen molar-refractivity contribution in [2.75, 3.05) is 32.7 Å². The van der Waals surface area contributed by atoms with Gasteiger partial charge in [0.2, 0.25) is 10.0 Å². The van der Waals surface area contributed by atoms with Gasteiger partial charge in [-0.2, -0.15) is 4.31 Å². The summed E-state index contributed by atoms with van der Waals surface area (Å²) in [5.41, 5.74) is 0. The Labute approximate surface area is 146 Å². The van der Waals surface area contributed by atoms with E-state index in [0.29, 0.717) is 38.6 Å². The van der Waals surface area contributed by atoms with E-state index in [-0.39, 0.29) is 10.9 Å². The van der Waals surface area contributed by atoms with Crippen molar-refractivity contribution in [3.63, 3.8) is 0 Å². The highest BCUT2D eigenvalue weighted by Gasteiger charge is 2.30. The number of amides is 2. The zero-order chi connectivity index (χ0) is 17.0. The molecule has 1 heterocycles. The summed E-state index contributed by atoms with van der Waals surface area (Å²) >= 11 is 3.29. The summed E-state index contributed by atoms with van der Waals surface area (Å²) in [6, 6.07) is 6.54. The Hall–Kier alpha value is -1.12. The first-order chi connectivity index (χ1) is 10.8. The average Bonchev–Trinajstić information content (AvgIpc) is 2.52. The zero-order valence-corrected chi connectivity index (χ0v) is 15.7. The van der Waals surface area contributed by atoms with Crippen LogP contribution in [0, 0.1) is 5.92 Å². The van der Waals surface area contributed by atoms with Crippen molar-refractivity contribution < 1.29 is 13.2 Å². The predicted octanol–water partition coefficient (Wildman–Crippen LogP) is 2.12. The number of benzene rings is 1. The number of piperazine rings is 1. The van der Waals surface area contributed by atoms with Gasteiger partial charge in [-0.3, -0.25) is 0 Å². The molecule has 0 saturated carbocycles. The molecule has 0 aliphatic carbocycles. The van der Waals surface area contributed by atoms with Crippen LogP contribution >= 0.6 is 15.9 Å². The molecule has 0 bridgehead atoms. The highest BCUT2D eigenvalue weighted by atomic mass is 79.9. The van der Waals surface area contributed by atoms with Crippen molar-refractivity contribution in [2.24, 2.45) is 5.92 Å². The van der Waals surface area contributed by atoms with Crippen molar-refractivity contribution in [3.05, 3.63) is 28.7 Å². The predicted molar refractivity (Wildman–Crippen MR) is 92.7 cm³/mol. The average molecular weight is 404 g/mol. The Morgan fingerprint density at radius 3 is 2.48 bits per heavy atom. The lowest BCUT2D eigenvalue weighted by molar-refractivity contribution is 0.171. The number of nitrogens with one attached hydrogen (secondary N) is 1. The Balaban J connectivity index is 1.97. The highest BCUT2D eigenvalue weighted by Crippen LogP contribution is 2.21. The van der Waals surface area contributed by atoms with Gasteiger partial charge in [0.15, 0.2) is 0 Å². The molecule has 0 aromatic heterocycles. The minimum absolute atomic E-state index is 0.127. The summed E-state index contributed by atoms with van der Waals surface area (Å²) < 4.78 is 27.4. The minimum atomic E-state index is -3.51. The molecule has 1 aliphatic heterocycles. The van der Waals surface area contributed by atoms with Crippen molar-refractivity contribution in [1.29, 1.82) is 0 Å². The molecule has 0 atom stereocenters. The highest BCUT2D eigenvalue weighted by molar-refractivity contribution is 9.10. The molecule has 0 unspecified atom stereocenters. The van der Waals surface area contributed by atoms with Crippen LogP contribution in [0.2, 0.25) is 0 Å². The minimum Gasteiger partial charge on any atom is -0.338 e. The molecule has 6 nitrogen and oxygen atoms in total. The lowest BCUT2D eigenvalue weighted by atomic mass is 10.2. The van der Waals surface area contributed by atoms with Gasteiger partial charge in [-0.1, -0.05) is 35.8 Å². The fraction of sp³-hybridized carbons (Fsp3) is 0.533. The summed E-state index contributed by atoms with van der Waals surface area (Å²) in [4.78, 5) is 13.9. The van der Waals surface area contributed by atoms with Crippen LogP contribution in [0.3, 0.4) is 0 Å². The Kier molecular flexibility index (Phi) is 6.05. The second kappa shape index (κ2) is 7.63. The van der Waals surface area contributed by atoms with Crippen molar-refractivity contribution >= 4 is 32.0 Å². The lowest BCUT2D eigenvalue weighted by Gasteiger charge is -2.34. The molecule has 23 heavy (non-hydrogen) atoms. The van der Waals surface area contributed by atoms with Crippen LogP contribution in [0.25, 0.3) is 0 Å². The molecule has 1 fully saturated rings. The third-order valence-electron chi connectivity index (χ3n) is 3.62. The van der Waals surface area contributed by atoms with Crippen LogP contribution in [0.15, 0.2) is 33.6 Å². The Morgan fingerprint density at radius 1 is 1.26 bits per heavy atom. The molecule has 1 saturated heterocycles. The molecule has 0 spiro atoms. The van der Waals surface area contributed by atoms with E-state index in [1.807, 2.05) is 13.8 Å². The van der Waals surface area contributed by atoms with Crippen LogP contribution in [0.4, 0.5) is 4.79 Å². The van der Waals surface area contributed by atoms with Gasteiger partial charge < -0.3 is 10.2 Å². The zero-order valence-electron chi connectivity index (χ0n) is 13.3. The number of hydrogen-bond acceptors (Lipinski definition) is 3. The molecule has 8 heteroatoms. The number of nitrogens with zero attached hydrogens (tertiary/aromatic N) is 2. The van der Waals surface area contributed by atoms with Crippen LogP contribution in [0.1, 0.15) is 13.8 Å². The monoisotopic (exact) mass is 403 g/mol. The van der Waals surface area contributed by atoms with E-state index in [2.05, 4.69) is 21.2 Å². The molecule has 1 N–H and O–H groups in total. The Bertz CT molecular complexity index is 656. The van der Waals surface area contributed by atoms with Gasteiger partial charge in [0, 0.05) is 37.2 Å². The van der Waals surface area contributed by atoms with Crippen molar-refractivity contribution in [1.82, 2.24) is 14.5 Å². The third kappa shape index (κ3) is 4.68. The van der Waals surface area contributed by atoms with Crippen molar-refractivity contribution in [3.8, 4) is 0 Å². The van der Waals surface area contributed by atoms with E-state index in [4.69, 9.17) is 0 Å². The first-order valence-corrected chi connectivity index (χ1v) is 9.82. The standard InChI is InChI=1S/C15H22BrN3O3S/c1-12(2)11-17-15(20)18-6-8-19(9-7-18)23(21,22)14-5-3-4-13(16)10-14/h3-5,10,12H,6-9,11H2,1-2H3,(H,17,20). The van der Waals surface area contributed by atoms with Crippen LogP contribution in [-0.2, 0) is 10.0 Å². The molecule has 128 valence electrons. The number of halogens is 1. The summed E-state index contributed by atoms with van der Waals surface area (Å²) in [7, 11) is -3.51. The molecule has 1 aliphatic rings. The van der Waals surface area contributed by atoms with Gasteiger partial charge in [0.05, 0.1) is 4.90 Å². The van der Waals surface area contributed by atoms with Gasteiger partial charge >= 0.3 is 6.03 Å². The first kappa shape index (κ1) is 18.2. The summed E-state index contributed by atoms with van der Waals surface area (Å²) in [6.07, 6.45) is 0.